The van der Waals surface area contributed by atoms with Crippen LogP contribution in [0.5, 0.6) is 0 Å². The minimum Gasteiger partial charge on any atom is -0.233 e. The molecule has 0 atom stereocenters. The van der Waals surface area contributed by atoms with Gasteiger partial charge < -0.3 is 0 Å². The molecule has 322 valence electrons. The molecule has 8 aromatic carbocycles. The third-order valence-electron chi connectivity index (χ3n) is 12.1. The summed E-state index contributed by atoms with van der Waals surface area (Å²) in [4.78, 5) is 30.5. The second-order valence-electron chi connectivity index (χ2n) is 16.9. The topological polar surface area (TPSA) is 77.3 Å². The van der Waals surface area contributed by atoms with Gasteiger partial charge in [-0.2, -0.15) is 0 Å². The maximum Gasteiger partial charge on any atom is 0.160 e. The van der Waals surface area contributed by atoms with Gasteiger partial charge in [-0.1, -0.05) is 182 Å². The van der Waals surface area contributed by atoms with Gasteiger partial charge in [-0.05, 0) is 95.8 Å². The zero-order chi connectivity index (χ0) is 45.8. The van der Waals surface area contributed by atoms with Gasteiger partial charge in [0, 0.05) is 50.3 Å². The molecule has 0 bridgehead atoms. The lowest BCUT2D eigenvalue weighted by atomic mass is 9.92. The molecule has 6 nitrogen and oxygen atoms in total. The lowest BCUT2D eigenvalue weighted by Crippen LogP contribution is -1.98. The van der Waals surface area contributed by atoms with Gasteiger partial charge in [0.05, 0.1) is 22.8 Å². The van der Waals surface area contributed by atoms with Gasteiger partial charge in [-0.3, -0.25) is 0 Å². The summed E-state index contributed by atoms with van der Waals surface area (Å²) in [7, 11) is 0. The highest BCUT2D eigenvalue weighted by atomic mass is 14.9. The average Bonchev–Trinajstić information content (AvgIpc) is 3.41. The monoisotopic (exact) mass is 872 g/mol. The van der Waals surface area contributed by atoms with E-state index in [1.165, 1.54) is 0 Å². The molecule has 0 radical (unpaired) electrons. The van der Waals surface area contributed by atoms with Crippen molar-refractivity contribution in [3.8, 4) is 113 Å². The van der Waals surface area contributed by atoms with E-state index in [1.54, 1.807) is 0 Å². The van der Waals surface area contributed by atoms with Crippen LogP contribution in [0.3, 0.4) is 0 Å². The van der Waals surface area contributed by atoms with Crippen LogP contribution < -0.4 is 0 Å². The third-order valence-corrected chi connectivity index (χ3v) is 12.1. The molecular weight excluding hydrogens is 829 g/mol. The number of aromatic nitrogens is 6. The summed E-state index contributed by atoms with van der Waals surface area (Å²) in [6.07, 6.45) is 0. The van der Waals surface area contributed by atoms with Crippen molar-refractivity contribution in [1.82, 2.24) is 29.9 Å². The molecule has 11 aromatic rings. The van der Waals surface area contributed by atoms with Crippen LogP contribution in [0.25, 0.3) is 113 Å². The Labute approximate surface area is 396 Å². The maximum atomic E-state index is 5.28. The molecule has 0 aliphatic carbocycles. The number of benzene rings is 8. The molecule has 11 rings (SSSR count). The largest absolute Gasteiger partial charge is 0.233 e. The smallest absolute Gasteiger partial charge is 0.160 e. The minimum absolute atomic E-state index is 0.659. The zero-order valence-electron chi connectivity index (χ0n) is 37.6. The highest BCUT2D eigenvalue weighted by Gasteiger charge is 2.18. The summed E-state index contributed by atoms with van der Waals surface area (Å²) in [6, 6.07) is 79.6. The van der Waals surface area contributed by atoms with Crippen LogP contribution in [-0.2, 0) is 0 Å². The van der Waals surface area contributed by atoms with Crippen LogP contribution in [0.2, 0.25) is 0 Å². The first-order valence-corrected chi connectivity index (χ1v) is 22.8. The Morgan fingerprint density at radius 1 is 0.206 bits per heavy atom. The summed E-state index contributed by atoms with van der Waals surface area (Å²) in [5, 5.41) is 0. The molecule has 0 spiro atoms. The number of hydrogen-bond acceptors (Lipinski definition) is 6. The first-order chi connectivity index (χ1) is 33.5. The van der Waals surface area contributed by atoms with Crippen LogP contribution in [0.1, 0.15) is 11.4 Å². The molecular formula is C62H44N6. The molecule has 3 heterocycles. The van der Waals surface area contributed by atoms with Crippen LogP contribution in [0.4, 0.5) is 0 Å². The molecule has 0 amide bonds. The van der Waals surface area contributed by atoms with E-state index in [2.05, 4.69) is 164 Å². The maximum absolute atomic E-state index is 5.28. The van der Waals surface area contributed by atoms with Gasteiger partial charge in [0.25, 0.3) is 0 Å². The van der Waals surface area contributed by atoms with Crippen LogP contribution in [0.15, 0.2) is 231 Å². The van der Waals surface area contributed by atoms with Crippen molar-refractivity contribution >= 4 is 0 Å². The molecule has 0 aliphatic rings. The Morgan fingerprint density at radius 2 is 0.574 bits per heavy atom. The SMILES string of the molecule is Cc1cc(C)nc(-c2ccc(-c3cccc(-c4cc(-c5ccccc5)nc(-c5ccccc5)n4)c3)cc2-c2cccc(-c3cc(-c4ccccc4)nc(-c4cccc(-c5ccccc5)c4)n3)c2)n1. The summed E-state index contributed by atoms with van der Waals surface area (Å²) in [5.41, 5.74) is 18.5. The molecule has 0 unspecified atom stereocenters. The molecule has 0 aliphatic heterocycles. The Hall–Kier alpha value is -9.00. The first-order valence-electron chi connectivity index (χ1n) is 22.8. The van der Waals surface area contributed by atoms with E-state index in [4.69, 9.17) is 29.9 Å². The predicted molar refractivity (Wildman–Crippen MR) is 277 cm³/mol. The van der Waals surface area contributed by atoms with Gasteiger partial charge in [-0.15, -0.1) is 0 Å². The van der Waals surface area contributed by atoms with Crippen LogP contribution >= 0.6 is 0 Å². The molecule has 0 N–H and O–H groups in total. The molecule has 6 heteroatoms. The number of nitrogens with zero attached hydrogens (tertiary/aromatic N) is 6. The van der Waals surface area contributed by atoms with E-state index in [0.717, 1.165) is 106 Å². The fraction of sp³-hybridized carbons (Fsp3) is 0.0323. The summed E-state index contributed by atoms with van der Waals surface area (Å²) < 4.78 is 0. The van der Waals surface area contributed by atoms with Crippen molar-refractivity contribution in [2.24, 2.45) is 0 Å². The minimum atomic E-state index is 0.659. The fourth-order valence-electron chi connectivity index (χ4n) is 8.73. The highest BCUT2D eigenvalue weighted by molar-refractivity contribution is 5.88. The van der Waals surface area contributed by atoms with Gasteiger partial charge in [0.2, 0.25) is 0 Å². The normalized spacial score (nSPS) is 11.1. The molecule has 0 saturated heterocycles. The van der Waals surface area contributed by atoms with Crippen molar-refractivity contribution in [3.63, 3.8) is 0 Å². The molecule has 0 fully saturated rings. The Balaban J connectivity index is 1.03. The van der Waals surface area contributed by atoms with Gasteiger partial charge in [-0.25, -0.2) is 29.9 Å². The van der Waals surface area contributed by atoms with Gasteiger partial charge in [0.1, 0.15) is 0 Å². The van der Waals surface area contributed by atoms with Crippen molar-refractivity contribution in [2.75, 3.05) is 0 Å². The quantitative estimate of drug-likeness (QED) is 0.136. The average molecular weight is 873 g/mol. The lowest BCUT2D eigenvalue weighted by Gasteiger charge is -2.15. The van der Waals surface area contributed by atoms with Crippen LogP contribution in [0, 0.1) is 13.8 Å². The van der Waals surface area contributed by atoms with E-state index >= 15 is 0 Å². The number of hydrogen-bond donors (Lipinski definition) is 0. The molecule has 3 aromatic heterocycles. The van der Waals surface area contributed by atoms with Crippen LogP contribution in [-0.4, -0.2) is 29.9 Å². The Morgan fingerprint density at radius 3 is 1.12 bits per heavy atom. The van der Waals surface area contributed by atoms with Crippen molar-refractivity contribution < 1.29 is 0 Å². The standard InChI is InChI=1S/C62H44N6/c1-41-34-42(2)64-62(63-41)54-33-32-49(48-27-15-29-51(35-48)58-39-56(44-20-9-4-10-21-44)65-60(67-58)46-24-13-6-14-25-46)38-55(54)50-28-17-30-52(37-50)59-40-57(45-22-11-5-12-23-45)66-61(68-59)53-31-16-26-47(36-53)43-18-7-3-8-19-43/h3-40H,1-2H3. The predicted octanol–water partition coefficient (Wildman–Crippen LogP) is 15.3. The van der Waals surface area contributed by atoms with Gasteiger partial charge in [0.15, 0.2) is 17.5 Å². The lowest BCUT2D eigenvalue weighted by molar-refractivity contribution is 1.06. The van der Waals surface area contributed by atoms with E-state index in [0.29, 0.717) is 17.5 Å². The third kappa shape index (κ3) is 8.86. The van der Waals surface area contributed by atoms with E-state index in [9.17, 15) is 0 Å². The van der Waals surface area contributed by atoms with Crippen molar-refractivity contribution in [1.29, 1.82) is 0 Å². The second-order valence-corrected chi connectivity index (χ2v) is 16.9. The van der Waals surface area contributed by atoms with Gasteiger partial charge >= 0.3 is 0 Å². The fourth-order valence-corrected chi connectivity index (χ4v) is 8.73. The first kappa shape index (κ1) is 41.7. The second kappa shape index (κ2) is 18.5. The van der Waals surface area contributed by atoms with Crippen molar-refractivity contribution in [3.05, 3.63) is 242 Å². The number of aryl methyl sites for hydroxylation is 2. The summed E-state index contributed by atoms with van der Waals surface area (Å²) in [6.45, 7) is 4.04. The highest BCUT2D eigenvalue weighted by Crippen LogP contribution is 2.39. The van der Waals surface area contributed by atoms with E-state index in [-0.39, 0.29) is 0 Å². The Kier molecular flexibility index (Phi) is 11.3. The van der Waals surface area contributed by atoms with E-state index < -0.39 is 0 Å². The summed E-state index contributed by atoms with van der Waals surface area (Å²) in [5.74, 6) is 2.02. The Bertz CT molecular complexity index is 3500. The van der Waals surface area contributed by atoms with Crippen molar-refractivity contribution in [2.45, 2.75) is 13.8 Å². The number of rotatable bonds is 10. The zero-order valence-corrected chi connectivity index (χ0v) is 37.6. The molecule has 0 saturated carbocycles. The molecule has 68 heavy (non-hydrogen) atoms. The summed E-state index contributed by atoms with van der Waals surface area (Å²) >= 11 is 0. The van der Waals surface area contributed by atoms with E-state index in [1.807, 2.05) is 80.6 Å².